The number of rotatable bonds is 3. The molecule has 0 radical (unpaired) electrons. The number of anilines is 1. The quantitative estimate of drug-likeness (QED) is 0.926. The van der Waals surface area contributed by atoms with E-state index in [2.05, 4.69) is 5.32 Å². The molecule has 2 aromatic rings. The lowest BCUT2D eigenvalue weighted by Crippen LogP contribution is -2.50. The van der Waals surface area contributed by atoms with Gasteiger partial charge in [0.05, 0.1) is 4.88 Å². The minimum Gasteiger partial charge on any atom is -0.326 e. The molecular weight excluding hydrogens is 326 g/mol. The highest BCUT2D eigenvalue weighted by molar-refractivity contribution is 7.12. The SMILES string of the molecule is Cn1cccc(NC(=O)C2CCCCN2C(=O)c2cccs2)c1=O. The van der Waals surface area contributed by atoms with E-state index in [1.165, 1.54) is 15.9 Å². The molecule has 1 saturated heterocycles. The predicted molar refractivity (Wildman–Crippen MR) is 93.3 cm³/mol. The van der Waals surface area contributed by atoms with Crippen molar-refractivity contribution in [2.45, 2.75) is 25.3 Å². The molecule has 2 amide bonds. The van der Waals surface area contributed by atoms with E-state index in [-0.39, 0.29) is 23.1 Å². The summed E-state index contributed by atoms with van der Waals surface area (Å²) >= 11 is 1.37. The largest absolute Gasteiger partial charge is 0.326 e. The summed E-state index contributed by atoms with van der Waals surface area (Å²) in [6.45, 7) is 0.557. The van der Waals surface area contributed by atoms with E-state index < -0.39 is 6.04 Å². The molecule has 1 aliphatic rings. The lowest BCUT2D eigenvalue weighted by Gasteiger charge is -2.34. The Balaban J connectivity index is 1.80. The van der Waals surface area contributed by atoms with Crippen LogP contribution in [0.25, 0.3) is 0 Å². The Morgan fingerprint density at radius 2 is 2.08 bits per heavy atom. The summed E-state index contributed by atoms with van der Waals surface area (Å²) in [5, 5.41) is 4.54. The lowest BCUT2D eigenvalue weighted by molar-refractivity contribution is -0.121. The van der Waals surface area contributed by atoms with Crippen molar-refractivity contribution in [1.82, 2.24) is 9.47 Å². The molecule has 1 N–H and O–H groups in total. The van der Waals surface area contributed by atoms with Crippen LogP contribution in [0, 0.1) is 0 Å². The zero-order chi connectivity index (χ0) is 17.1. The van der Waals surface area contributed by atoms with Crippen LogP contribution in [-0.2, 0) is 11.8 Å². The smallest absolute Gasteiger partial charge is 0.274 e. The van der Waals surface area contributed by atoms with E-state index in [9.17, 15) is 14.4 Å². The third-order valence-corrected chi connectivity index (χ3v) is 5.04. The molecule has 1 atom stereocenters. The Morgan fingerprint density at radius 3 is 2.83 bits per heavy atom. The molecule has 0 spiro atoms. The first-order valence-corrected chi connectivity index (χ1v) is 8.77. The summed E-state index contributed by atoms with van der Waals surface area (Å²) < 4.78 is 1.41. The normalized spacial score (nSPS) is 17.5. The van der Waals surface area contributed by atoms with Crippen molar-refractivity contribution in [3.63, 3.8) is 0 Å². The number of carbonyl (C=O) groups is 2. The second-order valence-electron chi connectivity index (χ2n) is 5.81. The van der Waals surface area contributed by atoms with Crippen LogP contribution in [0.4, 0.5) is 5.69 Å². The summed E-state index contributed by atoms with van der Waals surface area (Å²) in [4.78, 5) is 39.6. The first-order valence-electron chi connectivity index (χ1n) is 7.89. The van der Waals surface area contributed by atoms with E-state index in [1.807, 2.05) is 11.4 Å². The standard InChI is InChI=1S/C17H19N3O3S/c1-19-9-4-6-12(16(19)22)18-15(21)13-7-2-3-10-20(13)17(23)14-8-5-11-24-14/h4-6,8-9,11,13H,2-3,7,10H2,1H3,(H,18,21). The summed E-state index contributed by atoms with van der Waals surface area (Å²) in [5.41, 5.74) is -0.0307. The van der Waals surface area contributed by atoms with Crippen molar-refractivity contribution >= 4 is 28.8 Å². The van der Waals surface area contributed by atoms with Gasteiger partial charge in [-0.3, -0.25) is 14.4 Å². The summed E-state index contributed by atoms with van der Waals surface area (Å²) in [6, 6.07) is 6.33. The summed E-state index contributed by atoms with van der Waals surface area (Å²) in [5.74, 6) is -0.422. The van der Waals surface area contributed by atoms with Crippen LogP contribution in [0.3, 0.4) is 0 Å². The first kappa shape index (κ1) is 16.4. The monoisotopic (exact) mass is 345 g/mol. The topological polar surface area (TPSA) is 71.4 Å². The van der Waals surface area contributed by atoms with Gasteiger partial charge in [-0.2, -0.15) is 0 Å². The van der Waals surface area contributed by atoms with Crippen molar-refractivity contribution in [3.8, 4) is 0 Å². The van der Waals surface area contributed by atoms with E-state index >= 15 is 0 Å². The maximum absolute atomic E-state index is 12.7. The van der Waals surface area contributed by atoms with Crippen LogP contribution >= 0.6 is 11.3 Å². The molecule has 24 heavy (non-hydrogen) atoms. The molecule has 3 rings (SSSR count). The fourth-order valence-corrected chi connectivity index (χ4v) is 3.58. The highest BCUT2D eigenvalue weighted by atomic mass is 32.1. The molecule has 3 heterocycles. The van der Waals surface area contributed by atoms with Gasteiger partial charge in [-0.05, 0) is 42.8 Å². The van der Waals surface area contributed by atoms with Gasteiger partial charge in [0.25, 0.3) is 11.5 Å². The number of hydrogen-bond donors (Lipinski definition) is 1. The van der Waals surface area contributed by atoms with E-state index in [0.717, 1.165) is 12.8 Å². The van der Waals surface area contributed by atoms with Crippen LogP contribution in [0.2, 0.25) is 0 Å². The number of thiophene rings is 1. The van der Waals surface area contributed by atoms with Gasteiger partial charge in [0, 0.05) is 19.8 Å². The number of nitrogens with one attached hydrogen (secondary N) is 1. The minimum absolute atomic E-state index is 0.120. The molecular formula is C17H19N3O3S. The third-order valence-electron chi connectivity index (χ3n) is 4.18. The minimum atomic E-state index is -0.543. The van der Waals surface area contributed by atoms with Crippen molar-refractivity contribution in [3.05, 3.63) is 51.1 Å². The van der Waals surface area contributed by atoms with E-state index in [4.69, 9.17) is 0 Å². The second kappa shape index (κ2) is 7.00. The molecule has 126 valence electrons. The number of aryl methyl sites for hydroxylation is 1. The second-order valence-corrected chi connectivity index (χ2v) is 6.76. The Bertz CT molecular complexity index is 798. The van der Waals surface area contributed by atoms with Crippen LogP contribution in [-0.4, -0.2) is 33.9 Å². The number of hydrogen-bond acceptors (Lipinski definition) is 4. The molecule has 0 aromatic carbocycles. The first-order chi connectivity index (χ1) is 11.6. The zero-order valence-corrected chi connectivity index (χ0v) is 14.2. The molecule has 0 saturated carbocycles. The average Bonchev–Trinajstić information content (AvgIpc) is 3.13. The van der Waals surface area contributed by atoms with E-state index in [1.54, 1.807) is 36.3 Å². The van der Waals surface area contributed by atoms with Gasteiger partial charge in [-0.15, -0.1) is 11.3 Å². The predicted octanol–water partition coefficient (Wildman–Crippen LogP) is 2.08. The molecule has 7 heteroatoms. The average molecular weight is 345 g/mol. The fraction of sp³-hybridized carbons (Fsp3) is 0.353. The van der Waals surface area contributed by atoms with E-state index in [0.29, 0.717) is 17.8 Å². The molecule has 1 unspecified atom stereocenters. The molecule has 6 nitrogen and oxygen atoms in total. The molecule has 0 aliphatic carbocycles. The van der Waals surface area contributed by atoms with Gasteiger partial charge in [-0.1, -0.05) is 6.07 Å². The van der Waals surface area contributed by atoms with Crippen LogP contribution in [0.15, 0.2) is 40.6 Å². The zero-order valence-electron chi connectivity index (χ0n) is 13.4. The lowest BCUT2D eigenvalue weighted by atomic mass is 10.0. The Kier molecular flexibility index (Phi) is 4.80. The summed E-state index contributed by atoms with van der Waals surface area (Å²) in [6.07, 6.45) is 4.01. The van der Waals surface area contributed by atoms with Crippen molar-refractivity contribution < 1.29 is 9.59 Å². The summed E-state index contributed by atoms with van der Waals surface area (Å²) in [7, 11) is 1.63. The maximum atomic E-state index is 12.7. The van der Waals surface area contributed by atoms with Crippen LogP contribution < -0.4 is 10.9 Å². The highest BCUT2D eigenvalue weighted by Crippen LogP contribution is 2.22. The van der Waals surface area contributed by atoms with Gasteiger partial charge in [0.2, 0.25) is 5.91 Å². The Labute approximate surface area is 143 Å². The van der Waals surface area contributed by atoms with Gasteiger partial charge >= 0.3 is 0 Å². The van der Waals surface area contributed by atoms with Gasteiger partial charge in [-0.25, -0.2) is 0 Å². The Morgan fingerprint density at radius 1 is 1.25 bits per heavy atom. The van der Waals surface area contributed by atoms with Crippen LogP contribution in [0.1, 0.15) is 28.9 Å². The number of likely N-dealkylation sites (tertiary alicyclic amines) is 1. The van der Waals surface area contributed by atoms with Crippen molar-refractivity contribution in [1.29, 1.82) is 0 Å². The molecule has 1 aliphatic heterocycles. The number of carbonyl (C=O) groups excluding carboxylic acids is 2. The van der Waals surface area contributed by atoms with Crippen molar-refractivity contribution in [2.75, 3.05) is 11.9 Å². The van der Waals surface area contributed by atoms with Crippen molar-refractivity contribution in [2.24, 2.45) is 7.05 Å². The number of pyridine rings is 1. The molecule has 2 aromatic heterocycles. The van der Waals surface area contributed by atoms with Gasteiger partial charge < -0.3 is 14.8 Å². The number of aromatic nitrogens is 1. The maximum Gasteiger partial charge on any atom is 0.274 e. The Hall–Kier alpha value is -2.41. The molecule has 1 fully saturated rings. The fourth-order valence-electron chi connectivity index (χ4n) is 2.90. The van der Waals surface area contributed by atoms with Gasteiger partial charge in [0.1, 0.15) is 11.7 Å². The third kappa shape index (κ3) is 3.26. The number of piperidine rings is 1. The van der Waals surface area contributed by atoms with Crippen LogP contribution in [0.5, 0.6) is 0 Å². The number of amides is 2. The number of nitrogens with zero attached hydrogens (tertiary/aromatic N) is 2. The van der Waals surface area contributed by atoms with Gasteiger partial charge in [0.15, 0.2) is 0 Å². The highest BCUT2D eigenvalue weighted by Gasteiger charge is 2.33. The molecule has 0 bridgehead atoms.